The third-order valence-corrected chi connectivity index (χ3v) is 19.3. The van der Waals surface area contributed by atoms with Gasteiger partial charge in [0.25, 0.3) is 0 Å². The predicted molar refractivity (Wildman–Crippen MR) is 402 cm³/mol. The number of halogens is 2. The Morgan fingerprint density at radius 2 is 0.674 bits per heavy atom. The molecular weight excluding hydrogens is 1170 g/mol. The van der Waals surface area contributed by atoms with E-state index in [0.29, 0.717) is 51.3 Å². The predicted octanol–water partition coefficient (Wildman–Crippen LogP) is 25.9. The van der Waals surface area contributed by atoms with Gasteiger partial charge in [0, 0.05) is 39.8 Å². The van der Waals surface area contributed by atoms with Crippen molar-refractivity contribution in [2.24, 2.45) is 10.8 Å². The molecule has 0 unspecified atom stereocenters. The molecule has 10 rings (SSSR count). The molecule has 0 aromatic heterocycles. The standard InChI is InChI=1S/C89H106F2O4/c1-52(94-80-72(88(21,22)50-82(3,4)5)48-70(78(92)74(80)56-27-25-29-64(90)44-56)76-66-37-35-60(84(9,10)11)42-58(66)40-54-31-33-62(46-68(54)76)86(15,16)17)39-53(2)95-81-73(89(23,24)51-83(6,7)8)49-71(79(93)75(81)57-28-26-30-65(91)45-57)77-67-38-36-61(85(12,13)14)43-59(67)41-55-32-34-63(47-69(55)77)87(18,19)20/h25-38,40-49,52-53,92-93H,39,50-51H2,1-24H3/t52-,53+. The molecule has 0 saturated heterocycles. The van der Waals surface area contributed by atoms with Crippen molar-refractivity contribution in [3.63, 3.8) is 0 Å². The second-order valence-electron chi connectivity index (χ2n) is 35.7. The SMILES string of the molecule is C[C@H](C[C@H](C)Oc1c(C(C)(C)CC(C)(C)C)cc(-c2c3ccc(C(C)(C)C)cc3cc3ccc(C(C)(C)C)cc23)c(O)c1-c1cccc(F)c1)Oc1c(C(C)(C)CC(C)(C)C)cc(-c2c3ccc(C(C)(C)C)cc3cc3ccc(C(C)(C)C)cc23)c(O)c1-c1cccc(F)c1. The van der Waals surface area contributed by atoms with E-state index in [4.69, 9.17) is 9.47 Å². The van der Waals surface area contributed by atoms with Crippen LogP contribution in [0, 0.1) is 22.5 Å². The second kappa shape index (κ2) is 24.7. The number of phenols is 2. The van der Waals surface area contributed by atoms with Gasteiger partial charge in [-0.3, -0.25) is 0 Å². The monoisotopic (exact) mass is 1280 g/mol. The van der Waals surface area contributed by atoms with Gasteiger partial charge in [-0.05, 0) is 207 Å². The average molecular weight is 1280 g/mol. The van der Waals surface area contributed by atoms with Crippen molar-refractivity contribution in [2.45, 2.75) is 230 Å². The van der Waals surface area contributed by atoms with Crippen LogP contribution in [0.4, 0.5) is 8.78 Å². The van der Waals surface area contributed by atoms with Crippen LogP contribution in [0.2, 0.25) is 0 Å². The van der Waals surface area contributed by atoms with Crippen molar-refractivity contribution in [2.75, 3.05) is 0 Å². The number of ether oxygens (including phenoxy) is 2. The second-order valence-corrected chi connectivity index (χ2v) is 35.7. The lowest BCUT2D eigenvalue weighted by Gasteiger charge is -2.37. The number of hydrogen-bond acceptors (Lipinski definition) is 4. The molecule has 10 aromatic carbocycles. The lowest BCUT2D eigenvalue weighted by Crippen LogP contribution is -2.29. The summed E-state index contributed by atoms with van der Waals surface area (Å²) in [6, 6.07) is 48.7. The number of benzene rings is 10. The maximum Gasteiger partial charge on any atom is 0.135 e. The molecule has 4 nitrogen and oxygen atoms in total. The van der Waals surface area contributed by atoms with Crippen LogP contribution in [-0.4, -0.2) is 22.4 Å². The topological polar surface area (TPSA) is 58.9 Å². The van der Waals surface area contributed by atoms with Gasteiger partial charge in [-0.15, -0.1) is 0 Å². The van der Waals surface area contributed by atoms with Gasteiger partial charge in [0.2, 0.25) is 0 Å². The van der Waals surface area contributed by atoms with Crippen molar-refractivity contribution in [3.05, 3.63) is 191 Å². The average Bonchev–Trinajstić information content (AvgIpc) is 0.732. The largest absolute Gasteiger partial charge is 0.507 e. The Morgan fingerprint density at radius 1 is 0.347 bits per heavy atom. The van der Waals surface area contributed by atoms with Gasteiger partial charge >= 0.3 is 0 Å². The van der Waals surface area contributed by atoms with Crippen LogP contribution in [0.5, 0.6) is 23.0 Å². The number of fused-ring (bicyclic) bond motifs is 4. The molecule has 2 N–H and O–H groups in total. The molecule has 0 heterocycles. The summed E-state index contributed by atoms with van der Waals surface area (Å²) in [7, 11) is 0. The minimum absolute atomic E-state index is 0.00321. The lowest BCUT2D eigenvalue weighted by molar-refractivity contribution is 0.126. The first-order chi connectivity index (χ1) is 43.8. The summed E-state index contributed by atoms with van der Waals surface area (Å²) >= 11 is 0. The third-order valence-electron chi connectivity index (χ3n) is 19.3. The first-order valence-electron chi connectivity index (χ1n) is 34.5. The number of aromatic hydroxyl groups is 2. The fraction of sp³-hybridized carbons (Fsp3) is 0.416. The van der Waals surface area contributed by atoms with Crippen LogP contribution in [0.15, 0.2) is 146 Å². The number of hydrogen-bond donors (Lipinski definition) is 2. The molecule has 0 saturated carbocycles. The summed E-state index contributed by atoms with van der Waals surface area (Å²) in [5.41, 5.74) is 9.41. The van der Waals surface area contributed by atoms with Crippen LogP contribution in [-0.2, 0) is 32.5 Å². The Bertz CT molecular complexity index is 4300. The summed E-state index contributed by atoms with van der Waals surface area (Å²) in [4.78, 5) is 0. The summed E-state index contributed by atoms with van der Waals surface area (Å²) in [5.74, 6) is 0.0718. The van der Waals surface area contributed by atoms with E-state index in [1.807, 2.05) is 26.0 Å². The lowest BCUT2D eigenvalue weighted by atomic mass is 9.70. The minimum Gasteiger partial charge on any atom is -0.507 e. The van der Waals surface area contributed by atoms with Gasteiger partial charge in [0.1, 0.15) is 34.6 Å². The molecular formula is C89H106F2O4. The molecule has 10 aromatic rings. The smallest absolute Gasteiger partial charge is 0.135 e. The van der Waals surface area contributed by atoms with Crippen LogP contribution in [0.3, 0.4) is 0 Å². The summed E-state index contributed by atoms with van der Waals surface area (Å²) in [6.07, 6.45) is 0.702. The molecule has 6 heteroatoms. The van der Waals surface area contributed by atoms with Gasteiger partial charge in [-0.25, -0.2) is 8.78 Å². The minimum atomic E-state index is -0.568. The van der Waals surface area contributed by atoms with Gasteiger partial charge in [-0.2, -0.15) is 0 Å². The quantitative estimate of drug-likeness (QED) is 0.107. The van der Waals surface area contributed by atoms with E-state index < -0.39 is 34.7 Å². The van der Waals surface area contributed by atoms with E-state index in [-0.39, 0.29) is 44.0 Å². The van der Waals surface area contributed by atoms with E-state index in [1.54, 1.807) is 12.1 Å². The molecule has 0 aliphatic carbocycles. The first-order valence-corrected chi connectivity index (χ1v) is 34.5. The number of phenolic OH excluding ortho intramolecular Hbond substituents is 2. The summed E-state index contributed by atoms with van der Waals surface area (Å²) in [6.45, 7) is 53.3. The normalized spacial score (nSPS) is 13.9. The highest BCUT2D eigenvalue weighted by Crippen LogP contribution is 2.57. The van der Waals surface area contributed by atoms with Gasteiger partial charge in [-0.1, -0.05) is 237 Å². The van der Waals surface area contributed by atoms with E-state index >= 15 is 8.78 Å². The fourth-order valence-corrected chi connectivity index (χ4v) is 15.3. The zero-order chi connectivity index (χ0) is 69.8. The van der Waals surface area contributed by atoms with Crippen molar-refractivity contribution in [3.8, 4) is 67.5 Å². The van der Waals surface area contributed by atoms with Crippen LogP contribution >= 0.6 is 0 Å². The van der Waals surface area contributed by atoms with Crippen LogP contribution < -0.4 is 9.47 Å². The maximum atomic E-state index is 16.1. The number of rotatable bonds is 14. The van der Waals surface area contributed by atoms with Crippen LogP contribution in [0.1, 0.15) is 219 Å². The van der Waals surface area contributed by atoms with Crippen molar-refractivity contribution < 1.29 is 28.5 Å². The first kappa shape index (κ1) is 70.1. The van der Waals surface area contributed by atoms with Crippen molar-refractivity contribution in [1.29, 1.82) is 0 Å². The Morgan fingerprint density at radius 3 is 0.989 bits per heavy atom. The Hall–Kier alpha value is -7.70. The van der Waals surface area contributed by atoms with Crippen molar-refractivity contribution in [1.82, 2.24) is 0 Å². The third kappa shape index (κ3) is 14.7. The highest BCUT2D eigenvalue weighted by molar-refractivity contribution is 6.16. The molecule has 0 fully saturated rings. The molecule has 95 heavy (non-hydrogen) atoms. The molecule has 500 valence electrons. The summed E-state index contributed by atoms with van der Waals surface area (Å²) in [5, 5.41) is 35.5. The van der Waals surface area contributed by atoms with Crippen molar-refractivity contribution >= 4 is 43.1 Å². The molecule has 0 aliphatic rings. The Balaban J connectivity index is 1.20. The molecule has 0 amide bonds. The van der Waals surface area contributed by atoms with E-state index in [2.05, 4.69) is 249 Å². The molecule has 2 atom stereocenters. The Labute approximate surface area is 567 Å². The van der Waals surface area contributed by atoms with Gasteiger partial charge in [0.15, 0.2) is 0 Å². The maximum absolute atomic E-state index is 16.1. The van der Waals surface area contributed by atoms with Gasteiger partial charge in [0.05, 0.1) is 23.3 Å². The highest BCUT2D eigenvalue weighted by atomic mass is 19.1. The molecule has 0 bridgehead atoms. The van der Waals surface area contributed by atoms with E-state index in [1.165, 1.54) is 46.5 Å². The fourth-order valence-electron chi connectivity index (χ4n) is 15.3. The van der Waals surface area contributed by atoms with Gasteiger partial charge < -0.3 is 19.7 Å². The molecule has 0 radical (unpaired) electrons. The molecule has 0 aliphatic heterocycles. The summed E-state index contributed by atoms with van der Waals surface area (Å²) < 4.78 is 47.1. The van der Waals surface area contributed by atoms with E-state index in [9.17, 15) is 10.2 Å². The molecule has 0 spiro atoms. The highest BCUT2D eigenvalue weighted by Gasteiger charge is 2.38. The Kier molecular flexibility index (Phi) is 18.3. The zero-order valence-corrected chi connectivity index (χ0v) is 61.6. The van der Waals surface area contributed by atoms with Crippen LogP contribution in [0.25, 0.3) is 87.6 Å². The zero-order valence-electron chi connectivity index (χ0n) is 61.6. The van der Waals surface area contributed by atoms with E-state index in [0.717, 1.165) is 78.2 Å².